The molecule has 2 aromatic carbocycles. The second-order valence-electron chi connectivity index (χ2n) is 9.27. The fourth-order valence-electron chi connectivity index (χ4n) is 3.99. The van der Waals surface area contributed by atoms with Gasteiger partial charge in [0, 0.05) is 37.8 Å². The van der Waals surface area contributed by atoms with E-state index in [2.05, 4.69) is 79.1 Å². The van der Waals surface area contributed by atoms with Gasteiger partial charge in [0.2, 0.25) is 5.82 Å². The molecule has 0 atom stereocenters. The molecule has 1 aliphatic rings. The van der Waals surface area contributed by atoms with E-state index in [0.717, 1.165) is 18.8 Å². The Hall–Kier alpha value is -3.25. The monoisotopic (exact) mass is 444 g/mol. The average Bonchev–Trinajstić information content (AvgIpc) is 2.83. The first-order chi connectivity index (χ1) is 15.8. The van der Waals surface area contributed by atoms with Crippen LogP contribution in [0.25, 0.3) is 0 Å². The van der Waals surface area contributed by atoms with Gasteiger partial charge in [0.15, 0.2) is 0 Å². The van der Waals surface area contributed by atoms with Crippen LogP contribution in [0.3, 0.4) is 0 Å². The summed E-state index contributed by atoms with van der Waals surface area (Å²) in [7, 11) is 2.06. The Morgan fingerprint density at radius 2 is 1.55 bits per heavy atom. The van der Waals surface area contributed by atoms with Crippen LogP contribution in [0.1, 0.15) is 46.9 Å². The highest BCUT2D eigenvalue weighted by Gasteiger charge is 2.24. The minimum atomic E-state index is -0.118. The van der Waals surface area contributed by atoms with E-state index in [9.17, 15) is 4.79 Å². The lowest BCUT2D eigenvalue weighted by molar-refractivity contribution is 0.0651. The van der Waals surface area contributed by atoms with Gasteiger partial charge in [-0.3, -0.25) is 4.79 Å². The number of hydrogen-bond donors (Lipinski definition) is 0. The SMILES string of the molecule is Cc1ccc(C(C)(C)c2ccc(OCc3ccnc(C(=O)N4CCN(C)CC4)n3)cc2)cc1. The van der Waals surface area contributed by atoms with Gasteiger partial charge in [-0.25, -0.2) is 9.97 Å². The molecule has 0 N–H and O–H groups in total. The summed E-state index contributed by atoms with van der Waals surface area (Å²) in [6.07, 6.45) is 1.63. The van der Waals surface area contributed by atoms with Crippen molar-refractivity contribution >= 4 is 5.91 Å². The van der Waals surface area contributed by atoms with Gasteiger partial charge >= 0.3 is 0 Å². The molecule has 0 radical (unpaired) electrons. The number of rotatable bonds is 6. The van der Waals surface area contributed by atoms with Gasteiger partial charge in [-0.2, -0.15) is 0 Å². The lowest BCUT2D eigenvalue weighted by Gasteiger charge is -2.31. The minimum absolute atomic E-state index is 0.0998. The number of hydrogen-bond acceptors (Lipinski definition) is 5. The fraction of sp³-hybridized carbons (Fsp3) is 0.370. The Balaban J connectivity index is 1.39. The molecule has 1 saturated heterocycles. The van der Waals surface area contributed by atoms with Gasteiger partial charge < -0.3 is 14.5 Å². The Kier molecular flexibility index (Phi) is 6.75. The maximum absolute atomic E-state index is 12.7. The summed E-state index contributed by atoms with van der Waals surface area (Å²) in [6, 6.07) is 18.7. The topological polar surface area (TPSA) is 58.6 Å². The molecule has 1 aliphatic heterocycles. The maximum atomic E-state index is 12.7. The van der Waals surface area contributed by atoms with Crippen LogP contribution in [0, 0.1) is 6.92 Å². The molecule has 0 unspecified atom stereocenters. The Labute approximate surface area is 196 Å². The average molecular weight is 445 g/mol. The molecule has 0 aliphatic carbocycles. The van der Waals surface area contributed by atoms with E-state index in [1.54, 1.807) is 12.3 Å². The first-order valence-electron chi connectivity index (χ1n) is 11.4. The van der Waals surface area contributed by atoms with Crippen molar-refractivity contribution in [3.63, 3.8) is 0 Å². The lowest BCUT2D eigenvalue weighted by atomic mass is 9.78. The Morgan fingerprint density at radius 1 is 0.939 bits per heavy atom. The first kappa shape index (κ1) is 22.9. The van der Waals surface area contributed by atoms with E-state index in [-0.39, 0.29) is 23.8 Å². The largest absolute Gasteiger partial charge is 0.487 e. The van der Waals surface area contributed by atoms with Crippen LogP contribution in [-0.2, 0) is 12.0 Å². The summed E-state index contributed by atoms with van der Waals surface area (Å²) in [5.74, 6) is 0.882. The predicted octanol–water partition coefficient (Wildman–Crippen LogP) is 4.08. The van der Waals surface area contributed by atoms with Crippen molar-refractivity contribution in [1.29, 1.82) is 0 Å². The lowest BCUT2D eigenvalue weighted by Crippen LogP contribution is -2.47. The van der Waals surface area contributed by atoms with Crippen LogP contribution >= 0.6 is 0 Å². The number of aryl methyl sites for hydroxylation is 1. The summed E-state index contributed by atoms with van der Waals surface area (Å²) < 4.78 is 5.95. The highest BCUT2D eigenvalue weighted by Crippen LogP contribution is 2.32. The van der Waals surface area contributed by atoms with Crippen LogP contribution in [0.5, 0.6) is 5.75 Å². The second-order valence-corrected chi connectivity index (χ2v) is 9.27. The van der Waals surface area contributed by atoms with Crippen LogP contribution in [0.15, 0.2) is 60.8 Å². The standard InChI is InChI=1S/C27H32N4O2/c1-20-5-7-21(8-6-20)27(2,3)22-9-11-24(12-10-22)33-19-23-13-14-28-25(29-23)26(32)31-17-15-30(4)16-18-31/h5-14H,15-19H2,1-4H3. The molecule has 2 heterocycles. The number of carbonyl (C=O) groups is 1. The fourth-order valence-corrected chi connectivity index (χ4v) is 3.99. The van der Waals surface area contributed by atoms with Crippen molar-refractivity contribution in [3.8, 4) is 5.75 Å². The van der Waals surface area contributed by atoms with E-state index in [1.807, 2.05) is 17.0 Å². The summed E-state index contributed by atoms with van der Waals surface area (Å²) in [6.45, 7) is 9.98. The molecular weight excluding hydrogens is 412 g/mol. The molecule has 1 aromatic heterocycles. The van der Waals surface area contributed by atoms with Crippen LogP contribution < -0.4 is 4.74 Å². The van der Waals surface area contributed by atoms with E-state index in [1.165, 1.54) is 16.7 Å². The molecule has 6 heteroatoms. The molecule has 0 bridgehead atoms. The number of likely N-dealkylation sites (N-methyl/N-ethyl adjacent to an activating group) is 1. The minimum Gasteiger partial charge on any atom is -0.487 e. The van der Waals surface area contributed by atoms with Crippen molar-refractivity contribution in [2.75, 3.05) is 33.2 Å². The third-order valence-electron chi connectivity index (χ3n) is 6.43. The Bertz CT molecular complexity index is 1090. The van der Waals surface area contributed by atoms with Crippen molar-refractivity contribution in [2.24, 2.45) is 0 Å². The number of carbonyl (C=O) groups excluding carboxylic acids is 1. The predicted molar refractivity (Wildman–Crippen MR) is 130 cm³/mol. The number of ether oxygens (including phenoxy) is 1. The molecule has 1 fully saturated rings. The van der Waals surface area contributed by atoms with Crippen molar-refractivity contribution in [2.45, 2.75) is 32.8 Å². The zero-order chi connectivity index (χ0) is 23.4. The quantitative estimate of drug-likeness (QED) is 0.573. The van der Waals surface area contributed by atoms with Crippen molar-refractivity contribution < 1.29 is 9.53 Å². The number of benzene rings is 2. The molecular formula is C27H32N4O2. The third kappa shape index (κ3) is 5.40. The number of nitrogens with zero attached hydrogens (tertiary/aromatic N) is 4. The molecule has 1 amide bonds. The van der Waals surface area contributed by atoms with E-state index < -0.39 is 0 Å². The number of aromatic nitrogens is 2. The molecule has 6 nitrogen and oxygen atoms in total. The maximum Gasteiger partial charge on any atom is 0.291 e. The van der Waals surface area contributed by atoms with Gasteiger partial charge in [0.05, 0.1) is 5.69 Å². The summed E-state index contributed by atoms with van der Waals surface area (Å²) in [5, 5.41) is 0. The first-order valence-corrected chi connectivity index (χ1v) is 11.4. The summed E-state index contributed by atoms with van der Waals surface area (Å²) in [5.41, 5.74) is 4.35. The van der Waals surface area contributed by atoms with Gasteiger partial charge in [0.25, 0.3) is 5.91 Å². The van der Waals surface area contributed by atoms with Crippen LogP contribution in [0.2, 0.25) is 0 Å². The van der Waals surface area contributed by atoms with Crippen molar-refractivity contribution in [3.05, 3.63) is 89.0 Å². The molecule has 0 saturated carbocycles. The highest BCUT2D eigenvalue weighted by atomic mass is 16.5. The molecule has 3 aromatic rings. The van der Waals surface area contributed by atoms with Crippen molar-refractivity contribution in [1.82, 2.24) is 19.8 Å². The zero-order valence-corrected chi connectivity index (χ0v) is 19.9. The smallest absolute Gasteiger partial charge is 0.291 e. The third-order valence-corrected chi connectivity index (χ3v) is 6.43. The summed E-state index contributed by atoms with van der Waals surface area (Å²) in [4.78, 5) is 25.4. The zero-order valence-electron chi connectivity index (χ0n) is 19.9. The second kappa shape index (κ2) is 9.71. The summed E-state index contributed by atoms with van der Waals surface area (Å²) >= 11 is 0. The van der Waals surface area contributed by atoms with Gasteiger partial charge in [-0.05, 0) is 43.3 Å². The molecule has 172 valence electrons. The molecule has 33 heavy (non-hydrogen) atoms. The van der Waals surface area contributed by atoms with Crippen LogP contribution in [-0.4, -0.2) is 58.9 Å². The van der Waals surface area contributed by atoms with Gasteiger partial charge in [-0.15, -0.1) is 0 Å². The van der Waals surface area contributed by atoms with Gasteiger partial charge in [0.1, 0.15) is 12.4 Å². The van der Waals surface area contributed by atoms with E-state index in [0.29, 0.717) is 18.8 Å². The van der Waals surface area contributed by atoms with E-state index in [4.69, 9.17) is 4.74 Å². The number of piperazine rings is 1. The highest BCUT2D eigenvalue weighted by molar-refractivity contribution is 5.90. The van der Waals surface area contributed by atoms with Crippen LogP contribution in [0.4, 0.5) is 0 Å². The van der Waals surface area contributed by atoms with Gasteiger partial charge in [-0.1, -0.05) is 55.8 Å². The van der Waals surface area contributed by atoms with E-state index >= 15 is 0 Å². The Morgan fingerprint density at radius 3 is 2.18 bits per heavy atom. The normalized spacial score (nSPS) is 14.8. The molecule has 0 spiro atoms. The molecule has 4 rings (SSSR count). The number of amides is 1.